The largest absolute Gasteiger partial charge is 0.378 e. The van der Waals surface area contributed by atoms with Gasteiger partial charge < -0.3 is 10.6 Å². The molecule has 0 unspecified atom stereocenters. The molecule has 0 atom stereocenters. The molecule has 0 aliphatic heterocycles. The highest BCUT2D eigenvalue weighted by atomic mass is 35.5. The molecule has 0 aliphatic carbocycles. The van der Waals surface area contributed by atoms with Gasteiger partial charge in [0.25, 0.3) is 5.91 Å². The Morgan fingerprint density at radius 2 is 2.03 bits per heavy atom. The Labute approximate surface area is 197 Å². The third kappa shape index (κ3) is 4.94. The zero-order valence-electron chi connectivity index (χ0n) is 17.2. The maximum Gasteiger partial charge on any atom is 0.293 e. The molecule has 2 aromatic heterocycles. The van der Waals surface area contributed by atoms with Crippen molar-refractivity contribution < 1.29 is 9.42 Å². The van der Waals surface area contributed by atoms with Crippen LogP contribution in [-0.2, 0) is 6.54 Å². The van der Waals surface area contributed by atoms with E-state index in [1.807, 2.05) is 42.3 Å². The van der Waals surface area contributed by atoms with Crippen LogP contribution in [0.2, 0.25) is 10.0 Å². The molecule has 3 N–H and O–H groups in total. The number of benzene rings is 2. The van der Waals surface area contributed by atoms with E-state index in [2.05, 4.69) is 35.8 Å². The second kappa shape index (κ2) is 9.67. The highest BCUT2D eigenvalue weighted by Crippen LogP contribution is 2.21. The molecule has 168 valence electrons. The fourth-order valence-electron chi connectivity index (χ4n) is 2.95. The minimum Gasteiger partial charge on any atom is -0.378 e. The van der Waals surface area contributed by atoms with E-state index in [0.717, 1.165) is 5.69 Å². The number of para-hydroxylation sites is 1. The van der Waals surface area contributed by atoms with Crippen LogP contribution in [0, 0.1) is 0 Å². The van der Waals surface area contributed by atoms with Crippen LogP contribution in [0.15, 0.2) is 58.3 Å². The minimum absolute atomic E-state index is 0.00544. The van der Waals surface area contributed by atoms with Crippen LogP contribution in [0.3, 0.4) is 0 Å². The van der Waals surface area contributed by atoms with Gasteiger partial charge in [0.1, 0.15) is 0 Å². The molecule has 0 saturated heterocycles. The van der Waals surface area contributed by atoms with Gasteiger partial charge in [-0.15, -0.1) is 5.10 Å². The topological polar surface area (TPSA) is 140 Å². The number of hydrazone groups is 1. The Bertz CT molecular complexity index is 1300. The van der Waals surface area contributed by atoms with Crippen LogP contribution >= 0.6 is 23.2 Å². The number of nitrogens with one attached hydrogen (secondary N) is 1. The van der Waals surface area contributed by atoms with Crippen molar-refractivity contribution in [3.63, 3.8) is 0 Å². The van der Waals surface area contributed by atoms with Crippen molar-refractivity contribution in [2.75, 3.05) is 17.7 Å². The number of rotatable bonds is 7. The monoisotopic (exact) mass is 485 g/mol. The second-order valence-corrected chi connectivity index (χ2v) is 7.67. The normalized spacial score (nSPS) is 11.1. The van der Waals surface area contributed by atoms with Gasteiger partial charge in [0.15, 0.2) is 5.69 Å². The van der Waals surface area contributed by atoms with Crippen LogP contribution in [0.1, 0.15) is 21.7 Å². The average molecular weight is 486 g/mol. The smallest absolute Gasteiger partial charge is 0.293 e. The van der Waals surface area contributed by atoms with E-state index in [-0.39, 0.29) is 23.9 Å². The maximum atomic E-state index is 12.9. The van der Waals surface area contributed by atoms with Gasteiger partial charge in [-0.3, -0.25) is 4.79 Å². The summed E-state index contributed by atoms with van der Waals surface area (Å²) in [6.07, 6.45) is 1.40. The lowest BCUT2D eigenvalue weighted by atomic mass is 10.2. The third-order valence-electron chi connectivity index (χ3n) is 4.59. The first-order chi connectivity index (χ1) is 15.9. The highest BCUT2D eigenvalue weighted by Gasteiger charge is 2.25. The van der Waals surface area contributed by atoms with E-state index in [9.17, 15) is 4.79 Å². The van der Waals surface area contributed by atoms with E-state index in [4.69, 9.17) is 28.9 Å². The number of carbonyl (C=O) groups excluding carboxylic acids is 1. The molecule has 2 heterocycles. The summed E-state index contributed by atoms with van der Waals surface area (Å²) in [6.45, 7) is 0.249. The van der Waals surface area contributed by atoms with E-state index in [1.165, 1.54) is 10.9 Å². The van der Waals surface area contributed by atoms with E-state index >= 15 is 0 Å². The molecule has 0 spiro atoms. The number of hydrogen-bond donors (Lipinski definition) is 2. The van der Waals surface area contributed by atoms with E-state index in [0.29, 0.717) is 21.3 Å². The van der Waals surface area contributed by atoms with E-state index < -0.39 is 5.91 Å². The molecule has 4 aromatic rings. The molecule has 0 saturated carbocycles. The van der Waals surface area contributed by atoms with Gasteiger partial charge in [-0.2, -0.15) is 9.78 Å². The predicted molar refractivity (Wildman–Crippen MR) is 124 cm³/mol. The third-order valence-corrected chi connectivity index (χ3v) is 5.15. The molecule has 0 aliphatic rings. The number of carbonyl (C=O) groups is 1. The lowest BCUT2D eigenvalue weighted by molar-refractivity contribution is 0.0949. The molecule has 13 heteroatoms. The zero-order valence-corrected chi connectivity index (χ0v) is 18.7. The van der Waals surface area contributed by atoms with Crippen LogP contribution in [0.4, 0.5) is 11.5 Å². The number of nitrogens with zero attached hydrogens (tertiary/aromatic N) is 7. The van der Waals surface area contributed by atoms with Gasteiger partial charge in [-0.25, -0.2) is 10.1 Å². The van der Waals surface area contributed by atoms with Gasteiger partial charge >= 0.3 is 0 Å². The summed E-state index contributed by atoms with van der Waals surface area (Å²) in [5.74, 6) is -0.464. The Morgan fingerprint density at radius 1 is 1.24 bits per heavy atom. The second-order valence-electron chi connectivity index (χ2n) is 6.83. The number of nitrogen functional groups attached to an aromatic ring is 1. The number of halogens is 2. The van der Waals surface area contributed by atoms with Crippen LogP contribution < -0.4 is 16.1 Å². The SMILES string of the molecule is CN(Cc1c(C(=O)NN=Cc2ccc(Cl)cc2Cl)nnn1-c1nonc1N)c1ccccc1. The summed E-state index contributed by atoms with van der Waals surface area (Å²) in [7, 11) is 1.86. The number of nitrogens with two attached hydrogens (primary N) is 1. The molecule has 0 bridgehead atoms. The Kier molecular flexibility index (Phi) is 6.52. The summed E-state index contributed by atoms with van der Waals surface area (Å²) < 4.78 is 5.98. The lowest BCUT2D eigenvalue weighted by Crippen LogP contribution is -2.24. The summed E-state index contributed by atoms with van der Waals surface area (Å²) in [5.41, 5.74) is 10.2. The number of hydrogen-bond acceptors (Lipinski definition) is 9. The fourth-order valence-corrected chi connectivity index (χ4v) is 3.40. The van der Waals surface area contributed by atoms with Crippen molar-refractivity contribution in [3.8, 4) is 5.82 Å². The van der Waals surface area contributed by atoms with Crippen molar-refractivity contribution in [1.29, 1.82) is 0 Å². The molecule has 1 amide bonds. The average Bonchev–Trinajstić information content (AvgIpc) is 3.41. The Morgan fingerprint density at radius 3 is 2.73 bits per heavy atom. The number of aromatic nitrogens is 5. The highest BCUT2D eigenvalue weighted by molar-refractivity contribution is 6.36. The molecule has 4 rings (SSSR count). The summed E-state index contributed by atoms with van der Waals surface area (Å²) in [6, 6.07) is 14.5. The van der Waals surface area contributed by atoms with Gasteiger partial charge in [0.2, 0.25) is 11.6 Å². The Hall–Kier alpha value is -3.96. The molecular weight excluding hydrogens is 469 g/mol. The van der Waals surface area contributed by atoms with Gasteiger partial charge in [-0.1, -0.05) is 52.7 Å². The van der Waals surface area contributed by atoms with Crippen LogP contribution in [0.5, 0.6) is 0 Å². The molecule has 2 aromatic carbocycles. The van der Waals surface area contributed by atoms with Gasteiger partial charge in [-0.05, 0) is 34.6 Å². The molecule has 0 radical (unpaired) electrons. The zero-order chi connectivity index (χ0) is 23.4. The van der Waals surface area contributed by atoms with E-state index in [1.54, 1.807) is 18.2 Å². The first-order valence-electron chi connectivity index (χ1n) is 9.51. The summed E-state index contributed by atoms with van der Waals surface area (Å²) >= 11 is 12.0. The van der Waals surface area contributed by atoms with Crippen LogP contribution in [-0.4, -0.2) is 44.5 Å². The molecule has 11 nitrogen and oxygen atoms in total. The number of amides is 1. The van der Waals surface area contributed by atoms with Crippen molar-refractivity contribution in [3.05, 3.63) is 75.5 Å². The predicted octanol–water partition coefficient (Wildman–Crippen LogP) is 2.94. The van der Waals surface area contributed by atoms with Gasteiger partial charge in [0, 0.05) is 23.3 Å². The van der Waals surface area contributed by atoms with Crippen molar-refractivity contribution in [1.82, 2.24) is 30.7 Å². The maximum absolute atomic E-state index is 12.9. The number of anilines is 2. The Balaban J connectivity index is 1.61. The molecule has 33 heavy (non-hydrogen) atoms. The first-order valence-corrected chi connectivity index (χ1v) is 10.3. The molecular formula is C20H17Cl2N9O2. The summed E-state index contributed by atoms with van der Waals surface area (Å²) in [4.78, 5) is 14.8. The minimum atomic E-state index is -0.589. The van der Waals surface area contributed by atoms with Crippen LogP contribution in [0.25, 0.3) is 5.82 Å². The summed E-state index contributed by atoms with van der Waals surface area (Å²) in [5, 5.41) is 20.2. The quantitative estimate of drug-likeness (QED) is 0.300. The fraction of sp³-hybridized carbons (Fsp3) is 0.100. The van der Waals surface area contributed by atoms with Crippen molar-refractivity contribution in [2.24, 2.45) is 5.10 Å². The molecule has 0 fully saturated rings. The standard InChI is InChI=1S/C20H17Cl2N9O2/c1-30(14-5-3-2-4-6-14)11-16-17(25-29-31(16)19-18(23)27-33-28-19)20(32)26-24-10-12-7-8-13(21)9-15(12)22/h2-10H,11H2,1H3,(H2,23,27)(H,26,32). The first kappa shape index (κ1) is 22.2. The lowest BCUT2D eigenvalue weighted by Gasteiger charge is -2.19. The van der Waals surface area contributed by atoms with Gasteiger partial charge in [0.05, 0.1) is 23.5 Å². The van der Waals surface area contributed by atoms with Crippen molar-refractivity contribution >= 4 is 46.8 Å². The van der Waals surface area contributed by atoms with Crippen molar-refractivity contribution in [2.45, 2.75) is 6.54 Å².